The zero-order valence-corrected chi connectivity index (χ0v) is 73.6. The lowest BCUT2D eigenvalue weighted by atomic mass is 9.84. The second-order valence-electron chi connectivity index (χ2n) is 35.0. The molecule has 0 nitrogen and oxygen atoms in total. The van der Waals surface area contributed by atoms with Crippen LogP contribution in [-0.4, -0.2) is 0 Å². The highest BCUT2D eigenvalue weighted by atomic mass is 32.1. The SMILES string of the molecule is c1ccc(-c2c3ccccc3c(-c3ccc4sc5cc6ccccc6cc5c4c3)c3ccccc23)cc1.c1ccc2cc3c(cc2c1)sc1ccc(-c2c4ccccc4c(-c4ccc5c(ccc6ccccc65)c4)c4ccccc24)cc13.c1ccc2cc3c(cc2c1)sc1ccc(-c2c4ccccc4c(-c4ccc5c6ccccc6c6ccccc6c5c4)c4ccccc24)cc13. The molecule has 0 bridgehead atoms. The van der Waals surface area contributed by atoms with E-state index in [1.807, 2.05) is 34.0 Å². The van der Waals surface area contributed by atoms with Gasteiger partial charge >= 0.3 is 0 Å². The van der Waals surface area contributed by atoms with Gasteiger partial charge in [-0.3, -0.25) is 0 Å². The predicted molar refractivity (Wildman–Crippen MR) is 576 cm³/mol. The van der Waals surface area contributed by atoms with Gasteiger partial charge in [-0.25, -0.2) is 0 Å². The Morgan fingerprint density at radius 3 is 0.626 bits per heavy atom. The smallest absolute Gasteiger partial charge is 0.0361 e. The topological polar surface area (TPSA) is 0 Å². The zero-order chi connectivity index (χ0) is 85.9. The molecule has 0 radical (unpaired) electrons. The summed E-state index contributed by atoms with van der Waals surface area (Å²) in [6, 6.07) is 171. The fraction of sp³-hybridized carbons (Fsp3) is 0. The Bertz CT molecular complexity index is 9680. The van der Waals surface area contributed by atoms with Crippen molar-refractivity contribution in [2.75, 3.05) is 0 Å². The van der Waals surface area contributed by atoms with Crippen molar-refractivity contribution in [3.8, 4) is 66.8 Å². The van der Waals surface area contributed by atoms with Gasteiger partial charge in [0.25, 0.3) is 0 Å². The molecule has 3 heteroatoms. The Balaban J connectivity index is 0.000000102. The number of hydrogen-bond acceptors (Lipinski definition) is 3. The monoisotopic (exact) mass is 1710 g/mol. The van der Waals surface area contributed by atoms with Crippen molar-refractivity contribution >= 4 is 245 Å². The molecule has 26 aromatic carbocycles. The maximum Gasteiger partial charge on any atom is 0.0361 e. The van der Waals surface area contributed by atoms with Crippen LogP contribution in [0.15, 0.2) is 461 Å². The number of rotatable bonds is 6. The number of thiophene rings is 3. The van der Waals surface area contributed by atoms with E-state index >= 15 is 0 Å². The normalized spacial score (nSPS) is 12.0. The highest BCUT2D eigenvalue weighted by Crippen LogP contribution is 2.52. The molecule has 0 amide bonds. The lowest BCUT2D eigenvalue weighted by Crippen LogP contribution is -1.91. The molecule has 0 N–H and O–H groups in total. The lowest BCUT2D eigenvalue weighted by molar-refractivity contribution is 1.66. The average Bonchev–Trinajstić information content (AvgIpc) is 1.27. The molecule has 0 aliphatic carbocycles. The largest absolute Gasteiger partial charge is 0.135 e. The summed E-state index contributed by atoms with van der Waals surface area (Å²) in [7, 11) is 0. The minimum absolute atomic E-state index is 1.25. The van der Waals surface area contributed by atoms with Gasteiger partial charge in [-0.15, -0.1) is 34.0 Å². The minimum Gasteiger partial charge on any atom is -0.135 e. The molecular formula is C128H76S3. The maximum absolute atomic E-state index is 2.44. The van der Waals surface area contributed by atoms with Crippen molar-refractivity contribution in [2.45, 2.75) is 0 Å². The molecule has 29 aromatic rings. The number of fused-ring (bicyclic) bond motifs is 27. The summed E-state index contributed by atoms with van der Waals surface area (Å²) in [5.74, 6) is 0. The molecule has 606 valence electrons. The van der Waals surface area contributed by atoms with Crippen molar-refractivity contribution in [3.05, 3.63) is 461 Å². The van der Waals surface area contributed by atoms with Gasteiger partial charge in [0.2, 0.25) is 0 Å². The number of benzene rings is 26. The Hall–Kier alpha value is -16.0. The summed E-state index contributed by atoms with van der Waals surface area (Å²) in [5, 5.41) is 44.2. The highest BCUT2D eigenvalue weighted by Gasteiger charge is 2.24. The van der Waals surface area contributed by atoms with Crippen molar-refractivity contribution in [2.24, 2.45) is 0 Å². The van der Waals surface area contributed by atoms with E-state index in [9.17, 15) is 0 Å². The maximum atomic E-state index is 2.44. The summed E-state index contributed by atoms with van der Waals surface area (Å²) in [6.45, 7) is 0. The Kier molecular flexibility index (Phi) is 17.4. The van der Waals surface area contributed by atoms with Gasteiger partial charge in [-0.05, 0) is 303 Å². The second-order valence-corrected chi connectivity index (χ2v) is 38.2. The first kappa shape index (κ1) is 75.2. The molecule has 0 unspecified atom stereocenters. The van der Waals surface area contributed by atoms with Crippen LogP contribution < -0.4 is 0 Å². The molecule has 3 aromatic heterocycles. The standard InChI is InChI=1S/C48H28S.C44H26S.C36H22S/c1-2-12-30-28-46-44(25-29(30)11-1)43-27-32(22-24-45(43)49-46)48-40-19-9-7-17-38(40)47(39-18-8-10-20-41(39)48)31-21-23-37-35-15-4-3-13-33(35)34-14-5-6-16-36(34)42(37)26-31;1-2-11-29-26-42-40(24-28(29)10-1)39-25-32(20-22-41(39)45-42)44-37-15-7-5-13-35(37)43(36-14-6-8-16-38(36)44)31-19-21-34-30(23-31)18-17-27-9-3-4-12-33(27)34;1-2-10-23(11-3-1)35-27-14-6-8-16-29(27)36(30-17-9-7-15-28(30)35)26-18-19-33-31(21-26)32-20-24-12-4-5-13-25(24)22-34(32)37-33/h1-28H;1-26H;1-22H. The first-order valence-electron chi connectivity index (χ1n) is 45.1. The van der Waals surface area contributed by atoms with E-state index in [0.717, 1.165) is 0 Å². The molecule has 0 aliphatic rings. The van der Waals surface area contributed by atoms with E-state index in [4.69, 9.17) is 0 Å². The van der Waals surface area contributed by atoms with Gasteiger partial charge in [0.15, 0.2) is 0 Å². The van der Waals surface area contributed by atoms with Crippen LogP contribution >= 0.6 is 34.0 Å². The van der Waals surface area contributed by atoms with E-state index < -0.39 is 0 Å². The third-order valence-corrected chi connectivity index (χ3v) is 31.2. The van der Waals surface area contributed by atoms with E-state index in [1.165, 1.54) is 278 Å². The van der Waals surface area contributed by atoms with Gasteiger partial charge in [-0.1, -0.05) is 376 Å². The van der Waals surface area contributed by atoms with Gasteiger partial charge in [-0.2, -0.15) is 0 Å². The first-order chi connectivity index (χ1) is 64.9. The Labute approximate surface area is 766 Å². The summed E-state index contributed by atoms with van der Waals surface area (Å²) in [5.41, 5.74) is 15.4. The van der Waals surface area contributed by atoms with Crippen LogP contribution in [0.5, 0.6) is 0 Å². The van der Waals surface area contributed by atoms with Crippen LogP contribution in [-0.2, 0) is 0 Å². The summed E-state index contributed by atoms with van der Waals surface area (Å²) >= 11 is 5.67. The summed E-state index contributed by atoms with van der Waals surface area (Å²) < 4.78 is 8.03. The van der Waals surface area contributed by atoms with Crippen LogP contribution in [0.1, 0.15) is 0 Å². The van der Waals surface area contributed by atoms with E-state index in [2.05, 4.69) is 461 Å². The molecular weight excluding hydrogens is 1630 g/mol. The summed E-state index contributed by atoms with van der Waals surface area (Å²) in [6.07, 6.45) is 0. The fourth-order valence-electron chi connectivity index (χ4n) is 21.9. The minimum atomic E-state index is 1.25. The summed E-state index contributed by atoms with van der Waals surface area (Å²) in [4.78, 5) is 0. The van der Waals surface area contributed by atoms with E-state index in [1.54, 1.807) is 0 Å². The van der Waals surface area contributed by atoms with Gasteiger partial charge in [0, 0.05) is 60.5 Å². The molecule has 3 heterocycles. The third kappa shape index (κ3) is 12.2. The highest BCUT2D eigenvalue weighted by molar-refractivity contribution is 7.26. The van der Waals surface area contributed by atoms with E-state index in [0.29, 0.717) is 0 Å². The molecule has 0 saturated heterocycles. The van der Waals surface area contributed by atoms with Crippen LogP contribution in [0.3, 0.4) is 0 Å². The molecule has 0 aliphatic heterocycles. The molecule has 0 atom stereocenters. The van der Waals surface area contributed by atoms with Crippen LogP contribution in [0.2, 0.25) is 0 Å². The van der Waals surface area contributed by atoms with Crippen LogP contribution in [0, 0.1) is 0 Å². The predicted octanol–water partition coefficient (Wildman–Crippen LogP) is 38.3. The molecule has 0 fully saturated rings. The Morgan fingerprint density at radius 1 is 0.0916 bits per heavy atom. The van der Waals surface area contributed by atoms with Crippen molar-refractivity contribution in [1.29, 1.82) is 0 Å². The molecule has 29 rings (SSSR count). The van der Waals surface area contributed by atoms with Crippen molar-refractivity contribution in [3.63, 3.8) is 0 Å². The van der Waals surface area contributed by atoms with Gasteiger partial charge in [0.1, 0.15) is 0 Å². The van der Waals surface area contributed by atoms with Crippen molar-refractivity contribution in [1.82, 2.24) is 0 Å². The molecule has 131 heavy (non-hydrogen) atoms. The van der Waals surface area contributed by atoms with Gasteiger partial charge in [0.05, 0.1) is 0 Å². The number of hydrogen-bond donors (Lipinski definition) is 0. The van der Waals surface area contributed by atoms with E-state index in [-0.39, 0.29) is 0 Å². The zero-order valence-electron chi connectivity index (χ0n) is 71.1. The first-order valence-corrected chi connectivity index (χ1v) is 47.6. The second kappa shape index (κ2) is 30.4. The van der Waals surface area contributed by atoms with Gasteiger partial charge < -0.3 is 0 Å². The Morgan fingerprint density at radius 2 is 0.298 bits per heavy atom. The third-order valence-electron chi connectivity index (χ3n) is 27.8. The lowest BCUT2D eigenvalue weighted by Gasteiger charge is -2.19. The molecule has 0 saturated carbocycles. The van der Waals surface area contributed by atoms with Crippen molar-refractivity contribution < 1.29 is 0 Å². The van der Waals surface area contributed by atoms with Crippen LogP contribution in [0.25, 0.3) is 278 Å². The molecule has 0 spiro atoms. The average molecular weight is 1710 g/mol. The fourth-order valence-corrected chi connectivity index (χ4v) is 25.3. The quantitative estimate of drug-likeness (QED) is 0.115. The van der Waals surface area contributed by atoms with Crippen LogP contribution in [0.4, 0.5) is 0 Å².